The van der Waals surface area contributed by atoms with E-state index in [1.807, 2.05) is 37.5 Å². The summed E-state index contributed by atoms with van der Waals surface area (Å²) in [4.78, 5) is 4.14. The van der Waals surface area contributed by atoms with Gasteiger partial charge >= 0.3 is 0 Å². The predicted octanol–water partition coefficient (Wildman–Crippen LogP) is 3.25. The second-order valence-electron chi connectivity index (χ2n) is 4.29. The number of nitrogens with one attached hydrogen (secondary N) is 1. The zero-order valence-electron chi connectivity index (χ0n) is 11.1. The van der Waals surface area contributed by atoms with E-state index in [1.165, 1.54) is 5.56 Å². The van der Waals surface area contributed by atoms with Gasteiger partial charge in [0, 0.05) is 29.0 Å². The molecule has 0 fully saturated rings. The fraction of sp³-hybridized carbons (Fsp3) is 0.267. The van der Waals surface area contributed by atoms with Crippen molar-refractivity contribution in [2.45, 2.75) is 12.5 Å². The van der Waals surface area contributed by atoms with Crippen molar-refractivity contribution >= 4 is 11.6 Å². The number of hydrogen-bond acceptors (Lipinski definition) is 3. The summed E-state index contributed by atoms with van der Waals surface area (Å²) in [5.41, 5.74) is 2.23. The van der Waals surface area contributed by atoms with E-state index in [4.69, 9.17) is 16.3 Å². The van der Waals surface area contributed by atoms with Crippen molar-refractivity contribution in [1.82, 2.24) is 10.3 Å². The predicted molar refractivity (Wildman–Crippen MR) is 77.7 cm³/mol. The summed E-state index contributed by atoms with van der Waals surface area (Å²) in [6, 6.07) is 9.81. The molecule has 3 nitrogen and oxygen atoms in total. The van der Waals surface area contributed by atoms with Gasteiger partial charge < -0.3 is 10.1 Å². The number of benzene rings is 1. The van der Waals surface area contributed by atoms with E-state index in [1.54, 1.807) is 13.3 Å². The molecule has 0 saturated carbocycles. The topological polar surface area (TPSA) is 34.2 Å². The Hall–Kier alpha value is -1.58. The number of halogens is 1. The molecule has 0 radical (unpaired) electrons. The molecule has 0 aliphatic carbocycles. The first-order valence-electron chi connectivity index (χ1n) is 6.14. The SMILES string of the molecule is CNC(Cc1cccnc1)c1cc(Cl)ccc1OC. The van der Waals surface area contributed by atoms with Gasteiger partial charge in [-0.25, -0.2) is 0 Å². The molecule has 0 aliphatic heterocycles. The number of likely N-dealkylation sites (N-methyl/N-ethyl adjacent to an activating group) is 1. The number of ether oxygens (including phenoxy) is 1. The van der Waals surface area contributed by atoms with Crippen molar-refractivity contribution in [3.8, 4) is 5.75 Å². The Bertz CT molecular complexity index is 531. The maximum Gasteiger partial charge on any atom is 0.123 e. The van der Waals surface area contributed by atoms with Gasteiger partial charge in [0.2, 0.25) is 0 Å². The van der Waals surface area contributed by atoms with Crippen LogP contribution in [0.15, 0.2) is 42.7 Å². The van der Waals surface area contributed by atoms with E-state index in [9.17, 15) is 0 Å². The zero-order chi connectivity index (χ0) is 13.7. The number of pyridine rings is 1. The first kappa shape index (κ1) is 13.8. The lowest BCUT2D eigenvalue weighted by Gasteiger charge is -2.19. The van der Waals surface area contributed by atoms with Crippen LogP contribution in [-0.4, -0.2) is 19.1 Å². The van der Waals surface area contributed by atoms with Crippen LogP contribution >= 0.6 is 11.6 Å². The van der Waals surface area contributed by atoms with E-state index in [-0.39, 0.29) is 6.04 Å². The Morgan fingerprint density at radius 1 is 1.37 bits per heavy atom. The van der Waals surface area contributed by atoms with E-state index < -0.39 is 0 Å². The highest BCUT2D eigenvalue weighted by atomic mass is 35.5. The highest BCUT2D eigenvalue weighted by Gasteiger charge is 2.15. The molecular weight excluding hydrogens is 260 g/mol. The molecule has 0 saturated heterocycles. The van der Waals surface area contributed by atoms with Crippen molar-refractivity contribution < 1.29 is 4.74 Å². The standard InChI is InChI=1S/C15H17ClN2O/c1-17-14(8-11-4-3-7-18-10-11)13-9-12(16)5-6-15(13)19-2/h3-7,9-10,14,17H,8H2,1-2H3. The number of aromatic nitrogens is 1. The molecule has 1 N–H and O–H groups in total. The summed E-state index contributed by atoms with van der Waals surface area (Å²) in [6.45, 7) is 0. The number of rotatable bonds is 5. The van der Waals surface area contributed by atoms with Gasteiger partial charge in [-0.1, -0.05) is 17.7 Å². The molecule has 1 unspecified atom stereocenters. The molecule has 0 amide bonds. The van der Waals surface area contributed by atoms with Gasteiger partial charge in [0.25, 0.3) is 0 Å². The van der Waals surface area contributed by atoms with Crippen molar-refractivity contribution in [2.24, 2.45) is 0 Å². The maximum absolute atomic E-state index is 6.08. The lowest BCUT2D eigenvalue weighted by atomic mass is 9.99. The summed E-state index contributed by atoms with van der Waals surface area (Å²) < 4.78 is 5.41. The van der Waals surface area contributed by atoms with Crippen LogP contribution in [0.25, 0.3) is 0 Å². The van der Waals surface area contributed by atoms with Crippen molar-refractivity contribution in [2.75, 3.05) is 14.2 Å². The first-order chi connectivity index (χ1) is 9.24. The van der Waals surface area contributed by atoms with E-state index in [0.29, 0.717) is 5.02 Å². The smallest absolute Gasteiger partial charge is 0.123 e. The van der Waals surface area contributed by atoms with Crippen molar-refractivity contribution in [3.05, 3.63) is 58.9 Å². The van der Waals surface area contributed by atoms with Crippen LogP contribution in [0.5, 0.6) is 5.75 Å². The Labute approximate surface area is 118 Å². The third kappa shape index (κ3) is 3.46. The summed E-state index contributed by atoms with van der Waals surface area (Å²) in [5, 5.41) is 4.01. The summed E-state index contributed by atoms with van der Waals surface area (Å²) in [7, 11) is 3.60. The van der Waals surface area contributed by atoms with Gasteiger partial charge in [-0.3, -0.25) is 4.98 Å². The Kier molecular flexibility index (Phi) is 4.77. The number of methoxy groups -OCH3 is 1. The minimum Gasteiger partial charge on any atom is -0.496 e. The monoisotopic (exact) mass is 276 g/mol. The molecule has 1 aromatic carbocycles. The van der Waals surface area contributed by atoms with Crippen LogP contribution in [0.1, 0.15) is 17.2 Å². The molecule has 1 atom stereocenters. The molecule has 19 heavy (non-hydrogen) atoms. The normalized spacial score (nSPS) is 12.2. The molecule has 2 aromatic rings. The fourth-order valence-electron chi connectivity index (χ4n) is 2.10. The minimum atomic E-state index is 0.137. The van der Waals surface area contributed by atoms with Crippen LogP contribution in [0, 0.1) is 0 Å². The lowest BCUT2D eigenvalue weighted by Crippen LogP contribution is -2.19. The Morgan fingerprint density at radius 2 is 2.21 bits per heavy atom. The van der Waals surface area contributed by atoms with Gasteiger partial charge in [-0.15, -0.1) is 0 Å². The molecule has 1 aromatic heterocycles. The van der Waals surface area contributed by atoms with Gasteiger partial charge in [0.05, 0.1) is 7.11 Å². The average Bonchev–Trinajstić information content (AvgIpc) is 2.46. The van der Waals surface area contributed by atoms with Crippen LogP contribution in [0.4, 0.5) is 0 Å². The number of hydrogen-bond donors (Lipinski definition) is 1. The second-order valence-corrected chi connectivity index (χ2v) is 4.73. The molecule has 2 rings (SSSR count). The second kappa shape index (κ2) is 6.55. The Balaban J connectivity index is 2.29. The first-order valence-corrected chi connectivity index (χ1v) is 6.52. The largest absolute Gasteiger partial charge is 0.496 e. The van der Waals surface area contributed by atoms with E-state index >= 15 is 0 Å². The quantitative estimate of drug-likeness (QED) is 0.910. The molecule has 100 valence electrons. The van der Waals surface area contributed by atoms with Crippen LogP contribution in [0.2, 0.25) is 5.02 Å². The maximum atomic E-state index is 6.08. The molecule has 1 heterocycles. The van der Waals surface area contributed by atoms with Crippen molar-refractivity contribution in [3.63, 3.8) is 0 Å². The van der Waals surface area contributed by atoms with Crippen LogP contribution in [0.3, 0.4) is 0 Å². The van der Waals surface area contributed by atoms with Gasteiger partial charge in [0.1, 0.15) is 5.75 Å². The van der Waals surface area contributed by atoms with E-state index in [2.05, 4.69) is 16.4 Å². The summed E-state index contributed by atoms with van der Waals surface area (Å²) >= 11 is 6.08. The zero-order valence-corrected chi connectivity index (χ0v) is 11.8. The highest BCUT2D eigenvalue weighted by molar-refractivity contribution is 6.30. The molecule has 0 aliphatic rings. The number of nitrogens with zero attached hydrogens (tertiary/aromatic N) is 1. The third-order valence-corrected chi connectivity index (χ3v) is 3.31. The third-order valence-electron chi connectivity index (χ3n) is 3.08. The fourth-order valence-corrected chi connectivity index (χ4v) is 2.28. The highest BCUT2D eigenvalue weighted by Crippen LogP contribution is 2.30. The average molecular weight is 277 g/mol. The minimum absolute atomic E-state index is 0.137. The molecule has 0 spiro atoms. The van der Waals surface area contributed by atoms with Crippen LogP contribution in [-0.2, 0) is 6.42 Å². The molecular formula is C15H17ClN2O. The molecule has 0 bridgehead atoms. The van der Waals surface area contributed by atoms with Crippen LogP contribution < -0.4 is 10.1 Å². The van der Waals surface area contributed by atoms with Gasteiger partial charge in [-0.05, 0) is 43.3 Å². The van der Waals surface area contributed by atoms with Crippen molar-refractivity contribution in [1.29, 1.82) is 0 Å². The molecule has 4 heteroatoms. The van der Waals surface area contributed by atoms with E-state index in [0.717, 1.165) is 17.7 Å². The van der Waals surface area contributed by atoms with Gasteiger partial charge in [0.15, 0.2) is 0 Å². The lowest BCUT2D eigenvalue weighted by molar-refractivity contribution is 0.401. The summed E-state index contributed by atoms with van der Waals surface area (Å²) in [5.74, 6) is 0.840. The summed E-state index contributed by atoms with van der Waals surface area (Å²) in [6.07, 6.45) is 4.49. The van der Waals surface area contributed by atoms with Gasteiger partial charge in [-0.2, -0.15) is 0 Å². The Morgan fingerprint density at radius 3 is 2.84 bits per heavy atom.